The Morgan fingerprint density at radius 1 is 1.07 bits per heavy atom. The lowest BCUT2D eigenvalue weighted by Crippen LogP contribution is -2.46. The molecule has 1 aromatic carbocycles. The largest absolute Gasteiger partial charge is 0.448 e. The zero-order chi connectivity index (χ0) is 28.3. The number of benzene rings is 1. The molecule has 2 aliphatic heterocycles. The van der Waals surface area contributed by atoms with Crippen molar-refractivity contribution in [2.45, 2.75) is 78.2 Å². The first-order valence-corrected chi connectivity index (χ1v) is 15.2. The van der Waals surface area contributed by atoms with Crippen molar-refractivity contribution in [3.8, 4) is 21.9 Å². The molecule has 0 bridgehead atoms. The number of pyridine rings is 1. The van der Waals surface area contributed by atoms with E-state index in [4.69, 9.17) is 9.47 Å². The average molecular weight is 562 g/mol. The number of hydrogen-bond acceptors (Lipinski definition) is 6. The molecular weight excluding hydrogens is 522 g/mol. The van der Waals surface area contributed by atoms with Crippen molar-refractivity contribution in [1.82, 2.24) is 14.8 Å². The summed E-state index contributed by atoms with van der Waals surface area (Å²) in [6.07, 6.45) is 5.01. The normalized spacial score (nSPS) is 24.1. The lowest BCUT2D eigenvalue weighted by molar-refractivity contribution is -0.123. The molecule has 7 nitrogen and oxygen atoms in total. The molecule has 8 heteroatoms. The van der Waals surface area contributed by atoms with Crippen LogP contribution in [0.5, 0.6) is 11.5 Å². The van der Waals surface area contributed by atoms with E-state index in [-0.39, 0.29) is 23.9 Å². The Morgan fingerprint density at radius 3 is 2.45 bits per heavy atom. The molecule has 1 N–H and O–H groups in total. The third-order valence-corrected chi connectivity index (χ3v) is 10.2. The van der Waals surface area contributed by atoms with E-state index in [0.29, 0.717) is 35.9 Å². The first kappa shape index (κ1) is 27.1. The minimum atomic E-state index is -0.768. The van der Waals surface area contributed by atoms with Crippen molar-refractivity contribution < 1.29 is 14.3 Å². The van der Waals surface area contributed by atoms with Crippen LogP contribution in [0.3, 0.4) is 0 Å². The lowest BCUT2D eigenvalue weighted by atomic mass is 9.81. The van der Waals surface area contributed by atoms with Gasteiger partial charge in [0.15, 0.2) is 11.5 Å². The summed E-state index contributed by atoms with van der Waals surface area (Å²) in [6, 6.07) is 6.69. The summed E-state index contributed by atoms with van der Waals surface area (Å²) >= 11 is 1.66. The molecule has 1 amide bonds. The van der Waals surface area contributed by atoms with Crippen molar-refractivity contribution in [3.63, 3.8) is 0 Å². The molecule has 1 aliphatic carbocycles. The van der Waals surface area contributed by atoms with E-state index >= 15 is 0 Å². The van der Waals surface area contributed by atoms with Crippen LogP contribution in [0.15, 0.2) is 28.4 Å². The summed E-state index contributed by atoms with van der Waals surface area (Å²) < 4.78 is 13.6. The van der Waals surface area contributed by atoms with Gasteiger partial charge >= 0.3 is 0 Å². The number of rotatable bonds is 5. The number of aryl methyl sites for hydroxylation is 2. The molecule has 3 aromatic rings. The fourth-order valence-corrected chi connectivity index (χ4v) is 7.76. The van der Waals surface area contributed by atoms with Gasteiger partial charge in [-0.3, -0.25) is 9.59 Å². The molecule has 6 rings (SSSR count). The van der Waals surface area contributed by atoms with E-state index in [2.05, 4.69) is 42.3 Å². The Kier molecular flexibility index (Phi) is 6.82. The molecule has 0 spiro atoms. The molecule has 0 unspecified atom stereocenters. The van der Waals surface area contributed by atoms with Gasteiger partial charge in [-0.25, -0.2) is 0 Å². The molecule has 1 saturated carbocycles. The molecule has 212 valence electrons. The van der Waals surface area contributed by atoms with Gasteiger partial charge < -0.3 is 24.3 Å². The van der Waals surface area contributed by atoms with Crippen molar-refractivity contribution in [1.29, 1.82) is 0 Å². The van der Waals surface area contributed by atoms with E-state index in [1.807, 2.05) is 37.8 Å². The van der Waals surface area contributed by atoms with E-state index < -0.39 is 5.79 Å². The highest BCUT2D eigenvalue weighted by atomic mass is 32.1. The Balaban J connectivity index is 1.38. The van der Waals surface area contributed by atoms with Crippen LogP contribution in [-0.2, 0) is 13.0 Å². The minimum Gasteiger partial charge on any atom is -0.448 e. The first-order valence-electron chi connectivity index (χ1n) is 14.3. The summed E-state index contributed by atoms with van der Waals surface area (Å²) in [5, 5.41) is 2.06. The summed E-state index contributed by atoms with van der Waals surface area (Å²) in [5.74, 6) is 0.923. The number of aromatic amines is 1. The number of aromatic nitrogens is 1. The van der Waals surface area contributed by atoms with Crippen LogP contribution in [0, 0.1) is 26.7 Å². The fraction of sp³-hybridized carbons (Fsp3) is 0.500. The second-order valence-electron chi connectivity index (χ2n) is 12.1. The van der Waals surface area contributed by atoms with E-state index in [1.54, 1.807) is 11.3 Å². The molecular formula is C32H39N3O4S. The zero-order valence-electron chi connectivity index (χ0n) is 24.3. The predicted octanol–water partition coefficient (Wildman–Crippen LogP) is 5.83. The van der Waals surface area contributed by atoms with Gasteiger partial charge in [0.1, 0.15) is 0 Å². The maximum atomic E-state index is 14.1. The highest BCUT2D eigenvalue weighted by Gasteiger charge is 2.49. The number of amides is 1. The molecule has 1 fully saturated rings. The van der Waals surface area contributed by atoms with Gasteiger partial charge in [-0.15, -0.1) is 11.3 Å². The first-order chi connectivity index (χ1) is 19.1. The van der Waals surface area contributed by atoms with Crippen LogP contribution in [0.1, 0.15) is 70.9 Å². The number of thiophene rings is 1. The predicted molar refractivity (Wildman–Crippen MR) is 159 cm³/mol. The molecule has 0 saturated heterocycles. The Labute approximate surface area is 240 Å². The van der Waals surface area contributed by atoms with Crippen molar-refractivity contribution in [3.05, 3.63) is 67.4 Å². The van der Waals surface area contributed by atoms with Crippen molar-refractivity contribution in [2.24, 2.45) is 5.92 Å². The van der Waals surface area contributed by atoms with Crippen LogP contribution < -0.4 is 15.0 Å². The standard InChI is InChI=1S/C32H39N3O4S/c1-18-16-19(2)33-30(36)24(18)17-35-14-13-23-26(31(35)37)20(3)28-29(27(23)25-8-7-15-40-25)39-32(4,38-28)21-9-11-22(12-10-21)34(5)6/h7-8,15-16,21-22H,9-14,17H2,1-6H3,(H,33,36)/t21-,22-,32-/m0/s1. The Morgan fingerprint density at radius 2 is 1.80 bits per heavy atom. The second kappa shape index (κ2) is 10.1. The number of H-pyrrole nitrogens is 1. The summed E-state index contributed by atoms with van der Waals surface area (Å²) in [5.41, 5.74) is 5.79. The third-order valence-electron chi connectivity index (χ3n) is 9.27. The van der Waals surface area contributed by atoms with E-state index in [1.165, 1.54) is 0 Å². The number of carbonyl (C=O) groups excluding carboxylic acids is 1. The van der Waals surface area contributed by atoms with Crippen LogP contribution in [0.25, 0.3) is 10.4 Å². The van der Waals surface area contributed by atoms with Crippen molar-refractivity contribution >= 4 is 17.2 Å². The van der Waals surface area contributed by atoms with Gasteiger partial charge in [-0.1, -0.05) is 6.07 Å². The molecule has 2 aromatic heterocycles. The summed E-state index contributed by atoms with van der Waals surface area (Å²) in [4.78, 5) is 35.0. The van der Waals surface area contributed by atoms with Crippen LogP contribution in [-0.4, -0.2) is 53.2 Å². The highest BCUT2D eigenvalue weighted by molar-refractivity contribution is 7.13. The summed E-state index contributed by atoms with van der Waals surface area (Å²) in [7, 11) is 4.31. The molecule has 3 aliphatic rings. The van der Waals surface area contributed by atoms with Gasteiger partial charge in [0, 0.05) is 52.7 Å². The van der Waals surface area contributed by atoms with E-state index in [0.717, 1.165) is 64.3 Å². The second-order valence-corrected chi connectivity index (χ2v) is 13.0. The van der Waals surface area contributed by atoms with Gasteiger partial charge in [-0.05, 0) is 95.6 Å². The maximum Gasteiger partial charge on any atom is 0.254 e. The van der Waals surface area contributed by atoms with Crippen molar-refractivity contribution in [2.75, 3.05) is 20.6 Å². The number of nitrogens with one attached hydrogen (secondary N) is 1. The number of carbonyl (C=O) groups is 1. The van der Waals surface area contributed by atoms with Crippen LogP contribution >= 0.6 is 11.3 Å². The van der Waals surface area contributed by atoms with E-state index in [9.17, 15) is 9.59 Å². The van der Waals surface area contributed by atoms with Gasteiger partial charge in [0.05, 0.1) is 12.1 Å². The number of nitrogens with zero attached hydrogens (tertiary/aromatic N) is 2. The summed E-state index contributed by atoms with van der Waals surface area (Å²) in [6.45, 7) is 8.70. The zero-order valence-corrected chi connectivity index (χ0v) is 25.2. The Hall–Kier alpha value is -3.10. The average Bonchev–Trinajstić information content (AvgIpc) is 3.56. The molecule has 40 heavy (non-hydrogen) atoms. The Bertz CT molecular complexity index is 1520. The van der Waals surface area contributed by atoms with Gasteiger partial charge in [-0.2, -0.15) is 0 Å². The molecule has 4 heterocycles. The quantitative estimate of drug-likeness (QED) is 0.424. The molecule has 0 radical (unpaired) electrons. The van der Waals surface area contributed by atoms with Gasteiger partial charge in [0.25, 0.3) is 17.3 Å². The topological polar surface area (TPSA) is 74.9 Å². The van der Waals surface area contributed by atoms with Crippen LogP contribution in [0.4, 0.5) is 0 Å². The highest BCUT2D eigenvalue weighted by Crippen LogP contribution is 2.55. The smallest absolute Gasteiger partial charge is 0.254 e. The third kappa shape index (κ3) is 4.45. The SMILES string of the molecule is Cc1cc(C)c(CN2CCc3c(c(C)c4c(c3-c3cccs3)O[C@@](C)([C@H]3CC[C@H](N(C)C)CC3)O4)C2=O)c(=O)[nH]1. The fourth-order valence-electron chi connectivity index (χ4n) is 6.96. The van der Waals surface area contributed by atoms with Crippen LogP contribution in [0.2, 0.25) is 0 Å². The maximum absolute atomic E-state index is 14.1. The number of hydrogen-bond donors (Lipinski definition) is 1. The van der Waals surface area contributed by atoms with Gasteiger partial charge in [0.2, 0.25) is 0 Å². The molecule has 1 atom stereocenters. The minimum absolute atomic E-state index is 0.0533. The number of fused-ring (bicyclic) bond motifs is 2. The number of ether oxygens (including phenoxy) is 2. The lowest BCUT2D eigenvalue weighted by Gasteiger charge is -2.39. The monoisotopic (exact) mass is 561 g/mol.